The molecule has 0 atom stereocenters. The molecule has 0 saturated carbocycles. The molecule has 27 heavy (non-hydrogen) atoms. The number of halogens is 4. The first-order valence-corrected chi connectivity index (χ1v) is 8.41. The number of nitrogens with zero attached hydrogens (tertiary/aromatic N) is 3. The molecule has 1 aromatic heterocycles. The van der Waals surface area contributed by atoms with E-state index >= 15 is 0 Å². The van der Waals surface area contributed by atoms with Gasteiger partial charge in [-0.1, -0.05) is 29.8 Å². The zero-order chi connectivity index (χ0) is 20.0. The first kappa shape index (κ1) is 20.7. The Morgan fingerprint density at radius 2 is 2.22 bits per heavy atom. The van der Waals surface area contributed by atoms with E-state index in [0.29, 0.717) is 11.3 Å². The Bertz CT molecular complexity index is 815. The second kappa shape index (κ2) is 8.85. The lowest BCUT2D eigenvalue weighted by molar-refractivity contribution is -0.113. The van der Waals surface area contributed by atoms with Crippen molar-refractivity contribution in [3.8, 4) is 0 Å². The van der Waals surface area contributed by atoms with Crippen LogP contribution in [0.15, 0.2) is 58.5 Å². The van der Waals surface area contributed by atoms with Gasteiger partial charge in [0.1, 0.15) is 11.0 Å². The molecule has 1 aromatic rings. The van der Waals surface area contributed by atoms with Crippen molar-refractivity contribution >= 4 is 29.9 Å². The van der Waals surface area contributed by atoms with Crippen LogP contribution >= 0.6 is 11.6 Å². The van der Waals surface area contributed by atoms with Crippen LogP contribution in [0.3, 0.4) is 0 Å². The van der Waals surface area contributed by atoms with Gasteiger partial charge in [-0.25, -0.2) is 9.98 Å². The average molecular weight is 399 g/mol. The molecule has 0 aromatic carbocycles. The summed E-state index contributed by atoms with van der Waals surface area (Å²) in [7, 11) is 0. The van der Waals surface area contributed by atoms with Gasteiger partial charge in [0, 0.05) is 30.5 Å². The number of carbonyl (C=O) groups excluding carboxylic acids is 1. The van der Waals surface area contributed by atoms with Crippen LogP contribution < -0.4 is 5.32 Å². The number of amides is 1. The number of alkyl halides is 3. The van der Waals surface area contributed by atoms with Crippen molar-refractivity contribution in [2.75, 3.05) is 18.4 Å². The van der Waals surface area contributed by atoms with Gasteiger partial charge in [0.25, 0.3) is 5.91 Å². The SMILES string of the molecule is C=N/C(=C(\C=C/C)C(F)(F)F)N1CC=C(C(=O)Nc2ccnc(Cl)c2)CC1. The van der Waals surface area contributed by atoms with Gasteiger partial charge in [-0.2, -0.15) is 13.2 Å². The van der Waals surface area contributed by atoms with Crippen LogP contribution in [0.25, 0.3) is 0 Å². The summed E-state index contributed by atoms with van der Waals surface area (Å²) in [5, 5.41) is 2.93. The largest absolute Gasteiger partial charge is 0.419 e. The maximum Gasteiger partial charge on any atom is 0.419 e. The highest BCUT2D eigenvalue weighted by atomic mass is 35.5. The van der Waals surface area contributed by atoms with Crippen molar-refractivity contribution in [3.63, 3.8) is 0 Å². The van der Waals surface area contributed by atoms with Gasteiger partial charge in [0.15, 0.2) is 0 Å². The third-order valence-corrected chi connectivity index (χ3v) is 4.02. The molecule has 0 bridgehead atoms. The molecule has 5 nitrogen and oxygen atoms in total. The molecule has 2 heterocycles. The summed E-state index contributed by atoms with van der Waals surface area (Å²) in [5.74, 6) is -0.587. The van der Waals surface area contributed by atoms with Crippen LogP contribution in [0.2, 0.25) is 5.15 Å². The Morgan fingerprint density at radius 3 is 2.74 bits per heavy atom. The molecule has 2 rings (SSSR count). The standard InChI is InChI=1S/C18H18ClF3N4O/c1-3-4-14(18(20,21)22)16(23-2)26-9-6-12(7-10-26)17(27)25-13-5-8-24-15(19)11-13/h3-6,8,11H,2,7,9-10H2,1H3,(H,24,25,27)/b4-3-,16-14-. The molecule has 1 N–H and O–H groups in total. The summed E-state index contributed by atoms with van der Waals surface area (Å²) in [5.41, 5.74) is 0.0963. The van der Waals surface area contributed by atoms with E-state index in [1.807, 2.05) is 0 Å². The number of nitrogens with one attached hydrogen (secondary N) is 1. The van der Waals surface area contributed by atoms with Crippen molar-refractivity contribution in [1.29, 1.82) is 0 Å². The average Bonchev–Trinajstić information content (AvgIpc) is 2.61. The van der Waals surface area contributed by atoms with E-state index in [2.05, 4.69) is 22.0 Å². The van der Waals surface area contributed by atoms with Crippen LogP contribution in [-0.4, -0.2) is 41.8 Å². The fourth-order valence-corrected chi connectivity index (χ4v) is 2.75. The number of aromatic nitrogens is 1. The number of hydrogen-bond donors (Lipinski definition) is 1. The first-order chi connectivity index (χ1) is 12.8. The summed E-state index contributed by atoms with van der Waals surface area (Å²) in [6.45, 7) is 5.09. The normalized spacial score (nSPS) is 16.0. The lowest BCUT2D eigenvalue weighted by Crippen LogP contribution is -2.32. The fourth-order valence-electron chi connectivity index (χ4n) is 2.58. The topological polar surface area (TPSA) is 57.6 Å². The van der Waals surface area contributed by atoms with E-state index in [1.165, 1.54) is 30.2 Å². The van der Waals surface area contributed by atoms with E-state index in [9.17, 15) is 18.0 Å². The minimum Gasteiger partial charge on any atom is -0.352 e. The molecular formula is C18H18ClF3N4O. The minimum atomic E-state index is -4.55. The molecule has 0 saturated heterocycles. The number of aliphatic imine (C=N–C) groups is 1. The molecular weight excluding hydrogens is 381 g/mol. The monoisotopic (exact) mass is 398 g/mol. The van der Waals surface area contributed by atoms with Crippen molar-refractivity contribution in [3.05, 3.63) is 58.7 Å². The van der Waals surface area contributed by atoms with Gasteiger partial charge in [-0.05, 0) is 32.2 Å². The quantitative estimate of drug-likeness (QED) is 0.455. The van der Waals surface area contributed by atoms with Gasteiger partial charge in [-0.3, -0.25) is 4.79 Å². The molecule has 0 spiro atoms. The highest BCUT2D eigenvalue weighted by Gasteiger charge is 2.36. The number of hydrogen-bond acceptors (Lipinski definition) is 4. The smallest absolute Gasteiger partial charge is 0.352 e. The first-order valence-electron chi connectivity index (χ1n) is 8.04. The van der Waals surface area contributed by atoms with Gasteiger partial charge >= 0.3 is 6.18 Å². The van der Waals surface area contributed by atoms with Crippen LogP contribution in [0.1, 0.15) is 13.3 Å². The Labute approximate surface area is 159 Å². The highest BCUT2D eigenvalue weighted by Crippen LogP contribution is 2.32. The molecule has 1 amide bonds. The van der Waals surface area contributed by atoms with E-state index < -0.39 is 11.7 Å². The summed E-state index contributed by atoms with van der Waals surface area (Å²) >= 11 is 5.77. The van der Waals surface area contributed by atoms with Crippen LogP contribution in [-0.2, 0) is 4.79 Å². The Morgan fingerprint density at radius 1 is 1.48 bits per heavy atom. The number of carbonyl (C=O) groups is 1. The third-order valence-electron chi connectivity index (χ3n) is 3.81. The second-order valence-corrected chi connectivity index (χ2v) is 6.03. The zero-order valence-corrected chi connectivity index (χ0v) is 15.3. The molecule has 0 fully saturated rings. The molecule has 1 aliphatic heterocycles. The minimum absolute atomic E-state index is 0.116. The summed E-state index contributed by atoms with van der Waals surface area (Å²) in [6, 6.07) is 3.10. The van der Waals surface area contributed by atoms with Gasteiger partial charge in [-0.15, -0.1) is 0 Å². The lowest BCUT2D eigenvalue weighted by Gasteiger charge is -2.29. The second-order valence-electron chi connectivity index (χ2n) is 5.64. The van der Waals surface area contributed by atoms with Crippen molar-refractivity contribution < 1.29 is 18.0 Å². The molecule has 9 heteroatoms. The molecule has 0 radical (unpaired) electrons. The Kier molecular flexibility index (Phi) is 6.79. The number of pyridine rings is 1. The molecule has 144 valence electrons. The van der Waals surface area contributed by atoms with Crippen molar-refractivity contribution in [2.24, 2.45) is 4.99 Å². The predicted octanol–water partition coefficient (Wildman–Crippen LogP) is 4.36. The van der Waals surface area contributed by atoms with Gasteiger partial charge in [0.2, 0.25) is 0 Å². The van der Waals surface area contributed by atoms with Gasteiger partial charge in [0.05, 0.1) is 5.57 Å². The summed E-state index contributed by atoms with van der Waals surface area (Å²) in [6.07, 6.45) is 1.02. The zero-order valence-electron chi connectivity index (χ0n) is 14.6. The highest BCUT2D eigenvalue weighted by molar-refractivity contribution is 6.29. The third kappa shape index (κ3) is 5.43. The number of anilines is 1. The predicted molar refractivity (Wildman–Crippen MR) is 99.6 cm³/mol. The Hall–Kier alpha value is -2.61. The summed E-state index contributed by atoms with van der Waals surface area (Å²) < 4.78 is 39.8. The van der Waals surface area contributed by atoms with Crippen molar-refractivity contribution in [2.45, 2.75) is 19.5 Å². The summed E-state index contributed by atoms with van der Waals surface area (Å²) in [4.78, 5) is 21.2. The maximum atomic E-state index is 13.3. The van der Waals surface area contributed by atoms with Crippen LogP contribution in [0.5, 0.6) is 0 Å². The molecule has 0 aliphatic carbocycles. The number of rotatable bonds is 5. The van der Waals surface area contributed by atoms with Crippen LogP contribution in [0, 0.1) is 0 Å². The van der Waals surface area contributed by atoms with E-state index in [0.717, 1.165) is 6.08 Å². The van der Waals surface area contributed by atoms with Crippen molar-refractivity contribution in [1.82, 2.24) is 9.88 Å². The molecule has 0 unspecified atom stereocenters. The van der Waals surface area contributed by atoms with Crippen LogP contribution in [0.4, 0.5) is 18.9 Å². The number of allylic oxidation sites excluding steroid dienone is 3. The fraction of sp³-hybridized carbons (Fsp3) is 0.278. The molecule has 1 aliphatic rings. The van der Waals surface area contributed by atoms with E-state index in [1.54, 1.807) is 12.1 Å². The Balaban J connectivity index is 2.16. The maximum absolute atomic E-state index is 13.3. The van der Waals surface area contributed by atoms with E-state index in [-0.39, 0.29) is 36.4 Å². The van der Waals surface area contributed by atoms with Gasteiger partial charge < -0.3 is 10.2 Å². The van der Waals surface area contributed by atoms with E-state index in [4.69, 9.17) is 11.6 Å². The lowest BCUT2D eigenvalue weighted by atomic mass is 10.1.